The number of aliphatic hydroxyl groups excluding tert-OH is 1. The van der Waals surface area contributed by atoms with Crippen LogP contribution < -0.4 is 16.4 Å². The van der Waals surface area contributed by atoms with Crippen LogP contribution in [0.4, 0.5) is 10.5 Å². The van der Waals surface area contributed by atoms with Crippen molar-refractivity contribution in [1.82, 2.24) is 20.3 Å². The predicted molar refractivity (Wildman–Crippen MR) is 115 cm³/mol. The molecule has 9 nitrogen and oxygen atoms in total. The van der Waals surface area contributed by atoms with Crippen LogP contribution in [-0.4, -0.2) is 38.6 Å². The van der Waals surface area contributed by atoms with Crippen LogP contribution in [0.3, 0.4) is 0 Å². The molecule has 2 atom stereocenters. The van der Waals surface area contributed by atoms with E-state index in [2.05, 4.69) is 34.8 Å². The summed E-state index contributed by atoms with van der Waals surface area (Å²) in [6, 6.07) is 5.84. The lowest BCUT2D eigenvalue weighted by Crippen LogP contribution is -2.31. The smallest absolute Gasteiger partial charge is 0.312 e. The molecule has 30 heavy (non-hydrogen) atoms. The molecule has 0 fully saturated rings. The van der Waals surface area contributed by atoms with Crippen LogP contribution in [0.5, 0.6) is 0 Å². The molecule has 0 spiro atoms. The Morgan fingerprint density at radius 1 is 1.20 bits per heavy atom. The second-order valence-corrected chi connectivity index (χ2v) is 7.46. The summed E-state index contributed by atoms with van der Waals surface area (Å²) in [6.07, 6.45) is 6.11. The number of rotatable bonds is 12. The van der Waals surface area contributed by atoms with Crippen molar-refractivity contribution in [2.75, 3.05) is 11.9 Å². The Balaban J connectivity index is 2.11. The summed E-state index contributed by atoms with van der Waals surface area (Å²) in [6.45, 7) is 4.58. The van der Waals surface area contributed by atoms with E-state index < -0.39 is 12.1 Å². The minimum absolute atomic E-state index is 0.0539. The Morgan fingerprint density at radius 3 is 2.57 bits per heavy atom. The fourth-order valence-corrected chi connectivity index (χ4v) is 3.14. The highest BCUT2D eigenvalue weighted by atomic mass is 16.3. The number of hydrogen-bond donors (Lipinski definition) is 4. The second-order valence-electron chi connectivity index (χ2n) is 7.46. The van der Waals surface area contributed by atoms with Gasteiger partial charge in [0.05, 0.1) is 12.3 Å². The highest BCUT2D eigenvalue weighted by molar-refractivity contribution is 5.93. The van der Waals surface area contributed by atoms with Crippen molar-refractivity contribution in [1.29, 1.82) is 0 Å². The van der Waals surface area contributed by atoms with Gasteiger partial charge in [-0.1, -0.05) is 44.0 Å². The van der Waals surface area contributed by atoms with Crippen LogP contribution in [0.25, 0.3) is 0 Å². The summed E-state index contributed by atoms with van der Waals surface area (Å²) in [5.41, 5.74) is 7.37. The maximum atomic E-state index is 13.0. The number of benzene rings is 1. The lowest BCUT2D eigenvalue weighted by Gasteiger charge is -2.17. The zero-order valence-electron chi connectivity index (χ0n) is 17.7. The van der Waals surface area contributed by atoms with Crippen molar-refractivity contribution >= 4 is 17.6 Å². The van der Waals surface area contributed by atoms with Gasteiger partial charge in [-0.25, -0.2) is 9.48 Å². The van der Waals surface area contributed by atoms with Crippen LogP contribution in [-0.2, 0) is 11.4 Å². The number of carbonyl (C=O) groups is 2. The molecule has 2 rings (SSSR count). The average molecular weight is 417 g/mol. The third-order valence-electron chi connectivity index (χ3n) is 5.00. The first-order valence-corrected chi connectivity index (χ1v) is 10.4. The zero-order valence-corrected chi connectivity index (χ0v) is 17.7. The highest BCUT2D eigenvalue weighted by Gasteiger charge is 2.23. The molecule has 3 amide bonds. The highest BCUT2D eigenvalue weighted by Crippen LogP contribution is 2.22. The van der Waals surface area contributed by atoms with E-state index in [1.165, 1.54) is 0 Å². The molecule has 9 heteroatoms. The number of primary amides is 1. The van der Waals surface area contributed by atoms with E-state index in [0.717, 1.165) is 30.5 Å². The Labute approximate surface area is 177 Å². The molecule has 0 unspecified atom stereocenters. The second kappa shape index (κ2) is 11.9. The van der Waals surface area contributed by atoms with Gasteiger partial charge in [-0.15, -0.1) is 5.10 Å². The van der Waals surface area contributed by atoms with Crippen molar-refractivity contribution in [3.05, 3.63) is 41.7 Å². The van der Waals surface area contributed by atoms with Crippen LogP contribution in [0.2, 0.25) is 0 Å². The number of unbranched alkanes of at least 4 members (excludes halogenated alkanes) is 1. The number of nitrogens with one attached hydrogen (secondary N) is 2. The Morgan fingerprint density at radius 2 is 1.93 bits per heavy atom. The molecule has 1 heterocycles. The third-order valence-corrected chi connectivity index (χ3v) is 5.00. The summed E-state index contributed by atoms with van der Waals surface area (Å²) in [4.78, 5) is 23.9. The summed E-state index contributed by atoms with van der Waals surface area (Å²) >= 11 is 0. The van der Waals surface area contributed by atoms with Crippen LogP contribution in [0.1, 0.15) is 69.2 Å². The molecule has 0 saturated heterocycles. The van der Waals surface area contributed by atoms with Gasteiger partial charge in [-0.05, 0) is 37.0 Å². The largest absolute Gasteiger partial charge is 0.392 e. The normalized spacial score (nSPS) is 12.9. The number of aliphatic hydroxyl groups is 1. The van der Waals surface area contributed by atoms with Crippen molar-refractivity contribution in [2.45, 2.75) is 64.5 Å². The van der Waals surface area contributed by atoms with Crippen LogP contribution in [0.15, 0.2) is 30.5 Å². The molecule has 0 radical (unpaired) electrons. The standard InChI is InChI=1S/C21H32N6O3/c1-3-4-6-15(2)18-13-27(26-25-18)19(7-5-12-23-21(22)30)20(29)24-17-10-8-16(14-28)9-11-17/h8-11,13,15,19,28H,3-7,12,14H2,1-2H3,(H,24,29)(H3,22,23,30)/t15-,19-/m0/s1. The first-order valence-electron chi connectivity index (χ1n) is 10.4. The molecule has 0 saturated carbocycles. The van der Waals surface area contributed by atoms with Gasteiger partial charge in [0.2, 0.25) is 5.91 Å². The molecule has 1 aromatic heterocycles. The van der Waals surface area contributed by atoms with Gasteiger partial charge in [0, 0.05) is 24.3 Å². The van der Waals surface area contributed by atoms with Gasteiger partial charge < -0.3 is 21.5 Å². The van der Waals surface area contributed by atoms with Gasteiger partial charge in [-0.2, -0.15) is 0 Å². The molecule has 164 valence electrons. The van der Waals surface area contributed by atoms with E-state index in [1.54, 1.807) is 28.9 Å². The minimum atomic E-state index is -0.590. The lowest BCUT2D eigenvalue weighted by atomic mass is 10.0. The van der Waals surface area contributed by atoms with Crippen LogP contribution in [0, 0.1) is 0 Å². The minimum Gasteiger partial charge on any atom is -0.392 e. The van der Waals surface area contributed by atoms with Crippen molar-refractivity contribution in [3.63, 3.8) is 0 Å². The summed E-state index contributed by atoms with van der Waals surface area (Å²) in [5, 5.41) is 23.1. The molecular formula is C21H32N6O3. The molecule has 5 N–H and O–H groups in total. The van der Waals surface area contributed by atoms with E-state index in [9.17, 15) is 9.59 Å². The van der Waals surface area contributed by atoms with E-state index >= 15 is 0 Å². The van der Waals surface area contributed by atoms with E-state index in [4.69, 9.17) is 10.8 Å². The summed E-state index contributed by atoms with van der Waals surface area (Å²) in [5.74, 6) is 0.0495. The van der Waals surface area contributed by atoms with Crippen LogP contribution >= 0.6 is 0 Å². The van der Waals surface area contributed by atoms with E-state index in [-0.39, 0.29) is 18.4 Å². The topological polar surface area (TPSA) is 135 Å². The average Bonchev–Trinajstić information content (AvgIpc) is 3.22. The van der Waals surface area contributed by atoms with Crippen molar-refractivity contribution in [2.24, 2.45) is 5.73 Å². The van der Waals surface area contributed by atoms with Gasteiger partial charge in [-0.3, -0.25) is 4.79 Å². The molecular weight excluding hydrogens is 384 g/mol. The Hall–Kier alpha value is -2.94. The number of nitrogens with zero attached hydrogens (tertiary/aromatic N) is 3. The Bertz CT molecular complexity index is 805. The van der Waals surface area contributed by atoms with E-state index in [1.807, 2.05) is 6.20 Å². The first-order chi connectivity index (χ1) is 14.4. The number of anilines is 1. The fraction of sp³-hybridized carbons (Fsp3) is 0.524. The third kappa shape index (κ3) is 7.14. The zero-order chi connectivity index (χ0) is 21.9. The molecule has 2 aromatic rings. The maximum Gasteiger partial charge on any atom is 0.312 e. The predicted octanol–water partition coefficient (Wildman–Crippen LogP) is 2.69. The number of carbonyl (C=O) groups excluding carboxylic acids is 2. The van der Waals surface area contributed by atoms with Gasteiger partial charge in [0.1, 0.15) is 6.04 Å². The SMILES string of the molecule is CCCC[C@H](C)c1cn([C@@H](CCCNC(N)=O)C(=O)Nc2ccc(CO)cc2)nn1. The van der Waals surface area contributed by atoms with Gasteiger partial charge >= 0.3 is 6.03 Å². The molecule has 0 aliphatic heterocycles. The number of urea groups is 1. The van der Waals surface area contributed by atoms with Gasteiger partial charge in [0.25, 0.3) is 0 Å². The van der Waals surface area contributed by atoms with E-state index in [0.29, 0.717) is 25.1 Å². The maximum absolute atomic E-state index is 13.0. The molecule has 0 aliphatic carbocycles. The first kappa shape index (κ1) is 23.3. The van der Waals surface area contributed by atoms with Gasteiger partial charge in [0.15, 0.2) is 0 Å². The lowest BCUT2D eigenvalue weighted by molar-refractivity contribution is -0.119. The van der Waals surface area contributed by atoms with Crippen molar-refractivity contribution < 1.29 is 14.7 Å². The molecule has 0 aliphatic rings. The fourth-order valence-electron chi connectivity index (χ4n) is 3.14. The number of nitrogens with two attached hydrogens (primary N) is 1. The quantitative estimate of drug-likeness (QED) is 0.395. The number of hydrogen-bond acceptors (Lipinski definition) is 5. The monoisotopic (exact) mass is 416 g/mol. The molecule has 0 bridgehead atoms. The molecule has 1 aromatic carbocycles. The number of aromatic nitrogens is 3. The Kier molecular flexibility index (Phi) is 9.27. The number of amides is 3. The summed E-state index contributed by atoms with van der Waals surface area (Å²) < 4.78 is 1.60. The van der Waals surface area contributed by atoms with Crippen molar-refractivity contribution in [3.8, 4) is 0 Å². The summed E-state index contributed by atoms with van der Waals surface area (Å²) in [7, 11) is 0.